The fourth-order valence-electron chi connectivity index (χ4n) is 1.41. The molecule has 0 unspecified atom stereocenters. The molecule has 0 saturated heterocycles. The van der Waals surface area contributed by atoms with Gasteiger partial charge in [-0.15, -0.1) is 6.58 Å². The lowest BCUT2D eigenvalue weighted by Gasteiger charge is -2.25. The molecule has 0 fully saturated rings. The van der Waals surface area contributed by atoms with E-state index in [9.17, 15) is 9.90 Å². The smallest absolute Gasteiger partial charge is 0.338 e. The molecular weight excluding hydrogens is 216 g/mol. The van der Waals surface area contributed by atoms with Gasteiger partial charge in [0.2, 0.25) is 0 Å². The van der Waals surface area contributed by atoms with Crippen molar-refractivity contribution in [2.24, 2.45) is 5.41 Å². The normalized spacial score (nSPS) is 13.8. The Kier molecular flexibility index (Phi) is 4.91. The Morgan fingerprint density at radius 2 is 2.12 bits per heavy atom. The molecule has 0 saturated carbocycles. The predicted molar refractivity (Wildman–Crippen MR) is 66.7 cm³/mol. The number of aliphatic hydroxyl groups is 1. The molecule has 0 aromatic heterocycles. The van der Waals surface area contributed by atoms with Crippen molar-refractivity contribution < 1.29 is 14.6 Å². The Morgan fingerprint density at radius 3 is 2.65 bits per heavy atom. The largest absolute Gasteiger partial charge is 0.461 e. The molecule has 0 aliphatic rings. The molecule has 1 N–H and O–H groups in total. The van der Waals surface area contributed by atoms with Gasteiger partial charge in [0, 0.05) is 5.41 Å². The highest BCUT2D eigenvalue weighted by atomic mass is 16.5. The molecule has 3 heteroatoms. The first kappa shape index (κ1) is 13.5. The van der Waals surface area contributed by atoms with Crippen molar-refractivity contribution in [1.29, 1.82) is 0 Å². The molecule has 17 heavy (non-hydrogen) atoms. The van der Waals surface area contributed by atoms with E-state index in [1.54, 1.807) is 30.3 Å². The molecule has 92 valence electrons. The summed E-state index contributed by atoms with van der Waals surface area (Å²) in [6.45, 7) is 5.62. The van der Waals surface area contributed by atoms with E-state index in [0.717, 1.165) is 0 Å². The quantitative estimate of drug-likeness (QED) is 0.607. The molecule has 1 atom stereocenters. The van der Waals surface area contributed by atoms with E-state index < -0.39 is 5.41 Å². The van der Waals surface area contributed by atoms with E-state index in [1.165, 1.54) is 0 Å². The second kappa shape index (κ2) is 6.21. The first-order chi connectivity index (χ1) is 8.11. The highest BCUT2D eigenvalue weighted by molar-refractivity contribution is 5.89. The van der Waals surface area contributed by atoms with Gasteiger partial charge >= 0.3 is 5.97 Å². The van der Waals surface area contributed by atoms with Crippen molar-refractivity contribution in [3.05, 3.63) is 48.6 Å². The van der Waals surface area contributed by atoms with Crippen molar-refractivity contribution in [1.82, 2.24) is 0 Å². The van der Waals surface area contributed by atoms with Crippen LogP contribution in [0.4, 0.5) is 0 Å². The Hall–Kier alpha value is -1.61. The van der Waals surface area contributed by atoms with Crippen molar-refractivity contribution in [2.45, 2.75) is 13.3 Å². The number of hydrogen-bond donors (Lipinski definition) is 1. The van der Waals surface area contributed by atoms with Crippen LogP contribution in [0, 0.1) is 5.41 Å². The van der Waals surface area contributed by atoms with E-state index >= 15 is 0 Å². The third kappa shape index (κ3) is 4.04. The molecule has 3 nitrogen and oxygen atoms in total. The molecular formula is C14H18O3. The number of carbonyl (C=O) groups excluding carboxylic acids is 1. The standard InChI is InChI=1S/C14H18O3/c1-3-9-14(2,10-15)11-17-13(16)12-7-5-4-6-8-12/h3-8,15H,1,9-11H2,2H3/t14-/m1/s1. The zero-order chi connectivity index (χ0) is 12.7. The minimum atomic E-state index is -0.452. The van der Waals surface area contributed by atoms with Crippen molar-refractivity contribution in [3.8, 4) is 0 Å². The molecule has 1 aromatic carbocycles. The van der Waals surface area contributed by atoms with Gasteiger partial charge in [0.1, 0.15) is 0 Å². The van der Waals surface area contributed by atoms with Crippen molar-refractivity contribution in [3.63, 3.8) is 0 Å². The van der Waals surface area contributed by atoms with E-state index in [1.807, 2.05) is 13.0 Å². The number of rotatable bonds is 6. The van der Waals surface area contributed by atoms with Gasteiger partial charge in [-0.2, -0.15) is 0 Å². The number of esters is 1. The summed E-state index contributed by atoms with van der Waals surface area (Å²) in [7, 11) is 0. The maximum Gasteiger partial charge on any atom is 0.338 e. The van der Waals surface area contributed by atoms with Crippen LogP contribution < -0.4 is 0 Å². The van der Waals surface area contributed by atoms with Crippen LogP contribution in [0.2, 0.25) is 0 Å². The van der Waals surface area contributed by atoms with Gasteiger partial charge in [-0.1, -0.05) is 31.2 Å². The van der Waals surface area contributed by atoms with Crippen LogP contribution in [0.5, 0.6) is 0 Å². The summed E-state index contributed by atoms with van der Waals surface area (Å²) >= 11 is 0. The zero-order valence-corrected chi connectivity index (χ0v) is 10.1. The minimum absolute atomic E-state index is 0.0406. The van der Waals surface area contributed by atoms with E-state index in [0.29, 0.717) is 12.0 Å². The summed E-state index contributed by atoms with van der Waals surface area (Å²) in [5.74, 6) is -0.366. The molecule has 0 aliphatic carbocycles. The molecule has 0 heterocycles. The topological polar surface area (TPSA) is 46.5 Å². The fraction of sp³-hybridized carbons (Fsp3) is 0.357. The average molecular weight is 234 g/mol. The van der Waals surface area contributed by atoms with Gasteiger partial charge in [0.05, 0.1) is 18.8 Å². The number of hydrogen-bond acceptors (Lipinski definition) is 3. The average Bonchev–Trinajstić information content (AvgIpc) is 2.37. The summed E-state index contributed by atoms with van der Waals surface area (Å²) in [6, 6.07) is 8.81. The SMILES string of the molecule is C=CC[C@](C)(CO)COC(=O)c1ccccc1. The zero-order valence-electron chi connectivity index (χ0n) is 10.1. The lowest BCUT2D eigenvalue weighted by Crippen LogP contribution is -2.28. The maximum absolute atomic E-state index is 11.7. The number of carbonyl (C=O) groups is 1. The van der Waals surface area contributed by atoms with Crippen LogP contribution in [-0.4, -0.2) is 24.3 Å². The van der Waals surface area contributed by atoms with E-state index in [4.69, 9.17) is 4.74 Å². The monoisotopic (exact) mass is 234 g/mol. The minimum Gasteiger partial charge on any atom is -0.461 e. The first-order valence-corrected chi connectivity index (χ1v) is 5.55. The Bertz CT molecular complexity index is 372. The van der Waals surface area contributed by atoms with Gasteiger partial charge in [-0.3, -0.25) is 0 Å². The number of allylic oxidation sites excluding steroid dienone is 1. The Morgan fingerprint density at radius 1 is 1.47 bits per heavy atom. The molecule has 0 bridgehead atoms. The Labute approximate surface area is 102 Å². The van der Waals surface area contributed by atoms with Crippen LogP contribution in [0.15, 0.2) is 43.0 Å². The van der Waals surface area contributed by atoms with Crippen LogP contribution in [-0.2, 0) is 4.74 Å². The van der Waals surface area contributed by atoms with E-state index in [2.05, 4.69) is 6.58 Å². The van der Waals surface area contributed by atoms with Gasteiger partial charge < -0.3 is 9.84 Å². The number of aliphatic hydroxyl groups excluding tert-OH is 1. The second-order valence-electron chi connectivity index (χ2n) is 4.40. The van der Waals surface area contributed by atoms with Gasteiger partial charge in [-0.05, 0) is 18.6 Å². The molecule has 0 radical (unpaired) electrons. The van der Waals surface area contributed by atoms with Crippen LogP contribution in [0.3, 0.4) is 0 Å². The first-order valence-electron chi connectivity index (χ1n) is 5.55. The van der Waals surface area contributed by atoms with Crippen LogP contribution in [0.1, 0.15) is 23.7 Å². The van der Waals surface area contributed by atoms with Crippen molar-refractivity contribution in [2.75, 3.05) is 13.2 Å². The highest BCUT2D eigenvalue weighted by Crippen LogP contribution is 2.21. The molecule has 0 aliphatic heterocycles. The summed E-state index contributed by atoms with van der Waals surface area (Å²) in [6.07, 6.45) is 2.32. The predicted octanol–water partition coefficient (Wildman–Crippen LogP) is 2.42. The van der Waals surface area contributed by atoms with Crippen LogP contribution >= 0.6 is 0 Å². The lowest BCUT2D eigenvalue weighted by molar-refractivity contribution is 0.0172. The lowest BCUT2D eigenvalue weighted by atomic mass is 9.89. The van der Waals surface area contributed by atoms with Crippen molar-refractivity contribution >= 4 is 5.97 Å². The van der Waals surface area contributed by atoms with Crippen LogP contribution in [0.25, 0.3) is 0 Å². The molecule has 1 aromatic rings. The third-order valence-corrected chi connectivity index (χ3v) is 2.58. The molecule has 0 spiro atoms. The van der Waals surface area contributed by atoms with E-state index in [-0.39, 0.29) is 19.2 Å². The summed E-state index contributed by atoms with van der Waals surface area (Å²) in [5, 5.41) is 9.26. The third-order valence-electron chi connectivity index (χ3n) is 2.58. The summed E-state index contributed by atoms with van der Waals surface area (Å²) in [5.41, 5.74) is 0.0676. The van der Waals surface area contributed by atoms with Gasteiger partial charge in [-0.25, -0.2) is 4.79 Å². The number of benzene rings is 1. The molecule has 1 rings (SSSR count). The summed E-state index contributed by atoms with van der Waals surface area (Å²) < 4.78 is 5.19. The maximum atomic E-state index is 11.7. The fourth-order valence-corrected chi connectivity index (χ4v) is 1.41. The second-order valence-corrected chi connectivity index (χ2v) is 4.40. The van der Waals surface area contributed by atoms with Gasteiger partial charge in [0.25, 0.3) is 0 Å². The summed E-state index contributed by atoms with van der Waals surface area (Å²) in [4.78, 5) is 11.7. The Balaban J connectivity index is 2.56. The van der Waals surface area contributed by atoms with Gasteiger partial charge in [0.15, 0.2) is 0 Å². The number of ether oxygens (including phenoxy) is 1. The molecule has 0 amide bonds. The highest BCUT2D eigenvalue weighted by Gasteiger charge is 2.24.